The van der Waals surface area contributed by atoms with Crippen LogP contribution < -0.4 is 10.6 Å². The fraction of sp³-hybridized carbons (Fsp3) is 0.417. The number of carbonyl (C=O) groups is 1. The van der Waals surface area contributed by atoms with Crippen molar-refractivity contribution < 1.29 is 4.79 Å². The summed E-state index contributed by atoms with van der Waals surface area (Å²) in [5.41, 5.74) is 3.06. The highest BCUT2D eigenvalue weighted by Crippen LogP contribution is 2.27. The van der Waals surface area contributed by atoms with E-state index < -0.39 is 0 Å². The molecule has 1 aliphatic heterocycles. The first-order valence-corrected chi connectivity index (χ1v) is 10.6. The smallest absolute Gasteiger partial charge is 0.221 e. The number of hydrogen-bond acceptors (Lipinski definition) is 3. The lowest BCUT2D eigenvalue weighted by molar-refractivity contribution is -0.122. The predicted octanol–water partition coefficient (Wildman–Crippen LogP) is 4.65. The van der Waals surface area contributed by atoms with Crippen LogP contribution in [-0.4, -0.2) is 28.5 Å². The van der Waals surface area contributed by atoms with Gasteiger partial charge in [0.05, 0.1) is 11.0 Å². The molecule has 3 atom stereocenters. The minimum absolute atomic E-state index is 0. The van der Waals surface area contributed by atoms with Crippen LogP contribution in [0.1, 0.15) is 43.6 Å². The lowest BCUT2D eigenvalue weighted by atomic mass is 9.85. The summed E-state index contributed by atoms with van der Waals surface area (Å²) in [7, 11) is 2.02. The molecule has 3 unspecified atom stereocenters. The fourth-order valence-corrected chi connectivity index (χ4v) is 4.41. The molecule has 1 aromatic heterocycles. The maximum atomic E-state index is 13.0. The van der Waals surface area contributed by atoms with Crippen LogP contribution in [0, 0.1) is 11.8 Å². The van der Waals surface area contributed by atoms with Crippen molar-refractivity contribution in [2.75, 3.05) is 13.1 Å². The number of carbonyl (C=O) groups excluding carboxylic acids is 1. The van der Waals surface area contributed by atoms with Gasteiger partial charge < -0.3 is 15.2 Å². The molecule has 3 aromatic rings. The SMILES string of the molecule is CC(CC(=O)NC(c1ccccc1)c1nc2ccccc2n1C)C1CCCNC1.Cl.Cl. The first-order chi connectivity index (χ1) is 14.1. The number of para-hydroxylation sites is 2. The van der Waals surface area contributed by atoms with Crippen molar-refractivity contribution in [3.05, 3.63) is 66.0 Å². The van der Waals surface area contributed by atoms with Gasteiger partial charge in [-0.15, -0.1) is 24.8 Å². The lowest BCUT2D eigenvalue weighted by Crippen LogP contribution is -2.37. The van der Waals surface area contributed by atoms with Gasteiger partial charge in [-0.3, -0.25) is 4.79 Å². The third-order valence-electron chi connectivity index (χ3n) is 6.17. The van der Waals surface area contributed by atoms with E-state index >= 15 is 0 Å². The number of rotatable bonds is 6. The number of piperidine rings is 1. The molecule has 1 aliphatic rings. The van der Waals surface area contributed by atoms with Crippen molar-refractivity contribution in [1.82, 2.24) is 20.2 Å². The van der Waals surface area contributed by atoms with Crippen molar-refractivity contribution in [1.29, 1.82) is 0 Å². The summed E-state index contributed by atoms with van der Waals surface area (Å²) in [5.74, 6) is 1.88. The van der Waals surface area contributed by atoms with Crippen molar-refractivity contribution >= 4 is 41.8 Å². The van der Waals surface area contributed by atoms with Gasteiger partial charge in [0, 0.05) is 13.5 Å². The Kier molecular flexibility index (Phi) is 9.35. The topological polar surface area (TPSA) is 59.0 Å². The summed E-state index contributed by atoms with van der Waals surface area (Å²) in [4.78, 5) is 17.9. The molecule has 31 heavy (non-hydrogen) atoms. The molecule has 2 aromatic carbocycles. The van der Waals surface area contributed by atoms with Gasteiger partial charge in [-0.05, 0) is 55.5 Å². The minimum atomic E-state index is -0.266. The maximum absolute atomic E-state index is 13.0. The van der Waals surface area contributed by atoms with E-state index in [1.165, 1.54) is 12.8 Å². The first kappa shape index (κ1) is 25.2. The van der Waals surface area contributed by atoms with Crippen molar-refractivity contribution in [2.24, 2.45) is 18.9 Å². The van der Waals surface area contributed by atoms with Crippen LogP contribution in [0.4, 0.5) is 0 Å². The lowest BCUT2D eigenvalue weighted by Gasteiger charge is -2.28. The second kappa shape index (κ2) is 11.5. The number of nitrogens with zero attached hydrogens (tertiary/aromatic N) is 2. The minimum Gasteiger partial charge on any atom is -0.342 e. The van der Waals surface area contributed by atoms with Gasteiger partial charge >= 0.3 is 0 Å². The van der Waals surface area contributed by atoms with Gasteiger partial charge in [0.2, 0.25) is 5.91 Å². The molecular weight excluding hydrogens is 431 g/mol. The van der Waals surface area contributed by atoms with E-state index in [-0.39, 0.29) is 36.8 Å². The Morgan fingerprint density at radius 1 is 1.16 bits per heavy atom. The fourth-order valence-electron chi connectivity index (χ4n) is 4.41. The van der Waals surface area contributed by atoms with Gasteiger partial charge in [-0.2, -0.15) is 0 Å². The van der Waals surface area contributed by atoms with E-state index in [9.17, 15) is 4.79 Å². The summed E-state index contributed by atoms with van der Waals surface area (Å²) in [6, 6.07) is 17.9. The Balaban J connectivity index is 0.00000171. The summed E-state index contributed by atoms with van der Waals surface area (Å²) in [6.07, 6.45) is 2.94. The highest BCUT2D eigenvalue weighted by atomic mass is 35.5. The van der Waals surface area contributed by atoms with Crippen LogP contribution in [0.25, 0.3) is 11.0 Å². The Hall–Kier alpha value is -2.08. The molecular formula is C24H32Cl2N4O. The molecule has 0 saturated carbocycles. The zero-order chi connectivity index (χ0) is 20.2. The van der Waals surface area contributed by atoms with Gasteiger partial charge in [0.1, 0.15) is 11.9 Å². The number of nitrogens with one attached hydrogen (secondary N) is 2. The molecule has 2 heterocycles. The second-order valence-electron chi connectivity index (χ2n) is 8.22. The summed E-state index contributed by atoms with van der Waals surface area (Å²) in [6.45, 7) is 4.31. The molecule has 168 valence electrons. The molecule has 5 nitrogen and oxygen atoms in total. The number of fused-ring (bicyclic) bond motifs is 1. The summed E-state index contributed by atoms with van der Waals surface area (Å²) in [5, 5.41) is 6.74. The normalized spacial score (nSPS) is 17.8. The third kappa shape index (κ3) is 5.79. The number of benzene rings is 2. The van der Waals surface area contributed by atoms with E-state index in [2.05, 4.69) is 40.3 Å². The summed E-state index contributed by atoms with van der Waals surface area (Å²) < 4.78 is 2.09. The van der Waals surface area contributed by atoms with Crippen LogP contribution in [0.3, 0.4) is 0 Å². The highest BCUT2D eigenvalue weighted by molar-refractivity contribution is 5.85. The van der Waals surface area contributed by atoms with Crippen LogP contribution in [0.5, 0.6) is 0 Å². The standard InChI is InChI=1S/C24H30N4O.2ClH/c1-17(19-11-8-14-25-16-19)15-22(29)27-23(18-9-4-3-5-10-18)24-26-20-12-6-7-13-21(20)28(24)2;;/h3-7,9-10,12-13,17,19,23,25H,8,11,14-16H2,1-2H3,(H,27,29);2*1H. The first-order valence-electron chi connectivity index (χ1n) is 10.6. The molecule has 7 heteroatoms. The van der Waals surface area contributed by atoms with Crippen LogP contribution in [0.2, 0.25) is 0 Å². The number of amides is 1. The molecule has 1 fully saturated rings. The molecule has 4 rings (SSSR count). The van der Waals surface area contributed by atoms with Gasteiger partial charge in [-0.1, -0.05) is 49.4 Å². The maximum Gasteiger partial charge on any atom is 0.221 e. The summed E-state index contributed by atoms with van der Waals surface area (Å²) >= 11 is 0. The third-order valence-corrected chi connectivity index (χ3v) is 6.17. The van der Waals surface area contributed by atoms with Gasteiger partial charge in [0.25, 0.3) is 0 Å². The molecule has 0 bridgehead atoms. The van der Waals surface area contributed by atoms with Gasteiger partial charge in [-0.25, -0.2) is 4.98 Å². The molecule has 1 amide bonds. The Morgan fingerprint density at radius 3 is 2.55 bits per heavy atom. The van der Waals surface area contributed by atoms with E-state index in [0.717, 1.165) is 35.5 Å². The van der Waals surface area contributed by atoms with Crippen LogP contribution >= 0.6 is 24.8 Å². The number of aryl methyl sites for hydroxylation is 1. The Bertz CT molecular complexity index is 970. The van der Waals surface area contributed by atoms with Crippen molar-refractivity contribution in [3.63, 3.8) is 0 Å². The zero-order valence-corrected chi connectivity index (χ0v) is 19.7. The Labute approximate surface area is 196 Å². The van der Waals surface area contributed by atoms with Crippen LogP contribution in [0.15, 0.2) is 54.6 Å². The molecule has 0 radical (unpaired) electrons. The zero-order valence-electron chi connectivity index (χ0n) is 18.1. The average Bonchev–Trinajstić information content (AvgIpc) is 3.10. The van der Waals surface area contributed by atoms with E-state index in [1.807, 2.05) is 43.4 Å². The Morgan fingerprint density at radius 2 is 1.87 bits per heavy atom. The predicted molar refractivity (Wildman–Crippen MR) is 131 cm³/mol. The number of imidazole rings is 1. The van der Waals surface area contributed by atoms with Crippen molar-refractivity contribution in [2.45, 2.75) is 32.2 Å². The molecule has 1 saturated heterocycles. The highest BCUT2D eigenvalue weighted by Gasteiger charge is 2.26. The monoisotopic (exact) mass is 462 g/mol. The largest absolute Gasteiger partial charge is 0.342 e. The number of hydrogen-bond donors (Lipinski definition) is 2. The van der Waals surface area contributed by atoms with Crippen LogP contribution in [-0.2, 0) is 11.8 Å². The molecule has 2 N–H and O–H groups in total. The van der Waals surface area contributed by atoms with E-state index in [0.29, 0.717) is 18.3 Å². The van der Waals surface area contributed by atoms with Gasteiger partial charge in [0.15, 0.2) is 0 Å². The average molecular weight is 463 g/mol. The number of halogens is 2. The second-order valence-corrected chi connectivity index (χ2v) is 8.22. The van der Waals surface area contributed by atoms with Crippen molar-refractivity contribution in [3.8, 4) is 0 Å². The number of aromatic nitrogens is 2. The van der Waals surface area contributed by atoms with E-state index in [4.69, 9.17) is 4.98 Å². The quantitative estimate of drug-likeness (QED) is 0.560. The molecule has 0 aliphatic carbocycles. The molecule has 0 spiro atoms. The van der Waals surface area contributed by atoms with E-state index in [1.54, 1.807) is 0 Å².